The maximum absolute atomic E-state index is 12.3. The first-order chi connectivity index (χ1) is 12.5. The summed E-state index contributed by atoms with van der Waals surface area (Å²) in [6.07, 6.45) is -0.254. The SMILES string of the molecule is Cc1nnc(SCC(=O)N(C)C[C@H]2COc3ccccc3O2)n(N)c1=O. The molecule has 1 aliphatic rings. The number of likely N-dealkylation sites (N-methyl/N-ethyl adjacent to an activating group) is 1. The maximum atomic E-state index is 12.3. The largest absolute Gasteiger partial charge is 0.486 e. The first-order valence-electron chi connectivity index (χ1n) is 7.92. The van der Waals surface area contributed by atoms with Gasteiger partial charge in [0, 0.05) is 7.05 Å². The normalized spacial score (nSPS) is 15.5. The molecule has 138 valence electrons. The molecule has 0 bridgehead atoms. The number of nitrogens with zero attached hydrogens (tertiary/aromatic N) is 4. The number of ether oxygens (including phenoxy) is 2. The van der Waals surface area contributed by atoms with Crippen LogP contribution in [-0.4, -0.2) is 57.7 Å². The van der Waals surface area contributed by atoms with E-state index in [2.05, 4.69) is 10.2 Å². The molecule has 10 heteroatoms. The molecule has 0 unspecified atom stereocenters. The van der Waals surface area contributed by atoms with Crippen molar-refractivity contribution in [2.24, 2.45) is 0 Å². The van der Waals surface area contributed by atoms with Crippen molar-refractivity contribution in [1.29, 1.82) is 0 Å². The molecule has 1 aromatic heterocycles. The Balaban J connectivity index is 1.54. The number of nitrogens with two attached hydrogens (primary N) is 1. The lowest BCUT2D eigenvalue weighted by molar-refractivity contribution is -0.128. The topological polar surface area (TPSA) is 113 Å². The minimum atomic E-state index is -0.435. The van der Waals surface area contributed by atoms with Crippen molar-refractivity contribution >= 4 is 17.7 Å². The molecule has 2 N–H and O–H groups in total. The van der Waals surface area contributed by atoms with Gasteiger partial charge in [-0.3, -0.25) is 9.59 Å². The molecule has 1 aliphatic heterocycles. The summed E-state index contributed by atoms with van der Waals surface area (Å²) in [4.78, 5) is 25.6. The average Bonchev–Trinajstić information content (AvgIpc) is 2.65. The Bertz CT molecular complexity index is 872. The van der Waals surface area contributed by atoms with E-state index in [1.165, 1.54) is 6.92 Å². The number of carbonyl (C=O) groups excluding carboxylic acids is 1. The summed E-state index contributed by atoms with van der Waals surface area (Å²) in [5.74, 6) is 6.96. The summed E-state index contributed by atoms with van der Waals surface area (Å²) < 4.78 is 12.4. The molecule has 26 heavy (non-hydrogen) atoms. The van der Waals surface area contributed by atoms with Gasteiger partial charge in [-0.1, -0.05) is 23.9 Å². The molecular formula is C16H19N5O4S. The van der Waals surface area contributed by atoms with E-state index in [0.717, 1.165) is 16.4 Å². The van der Waals surface area contributed by atoms with E-state index in [1.54, 1.807) is 11.9 Å². The molecular weight excluding hydrogens is 358 g/mol. The molecule has 0 fully saturated rings. The van der Waals surface area contributed by atoms with E-state index in [-0.39, 0.29) is 28.6 Å². The fourth-order valence-corrected chi connectivity index (χ4v) is 3.16. The molecule has 1 aromatic carbocycles. The number of benzene rings is 1. The van der Waals surface area contributed by atoms with Crippen molar-refractivity contribution in [1.82, 2.24) is 19.8 Å². The van der Waals surface area contributed by atoms with Crippen LogP contribution < -0.4 is 20.9 Å². The number of hydrogen-bond acceptors (Lipinski definition) is 8. The van der Waals surface area contributed by atoms with Gasteiger partial charge in [-0.2, -0.15) is 4.68 Å². The quantitative estimate of drug-likeness (QED) is 0.575. The molecule has 2 aromatic rings. The first-order valence-corrected chi connectivity index (χ1v) is 8.91. The zero-order valence-corrected chi connectivity index (χ0v) is 15.2. The van der Waals surface area contributed by atoms with E-state index < -0.39 is 5.56 Å². The number of para-hydroxylation sites is 2. The third kappa shape index (κ3) is 3.90. The van der Waals surface area contributed by atoms with Crippen molar-refractivity contribution in [3.05, 3.63) is 40.3 Å². The van der Waals surface area contributed by atoms with Gasteiger partial charge in [0.05, 0.1) is 12.3 Å². The van der Waals surface area contributed by atoms with Crippen LogP contribution in [0.15, 0.2) is 34.2 Å². The Hall–Kier alpha value is -2.75. The number of aryl methyl sites for hydroxylation is 1. The number of carbonyl (C=O) groups is 1. The second-order valence-corrected chi connectivity index (χ2v) is 6.75. The van der Waals surface area contributed by atoms with Gasteiger partial charge in [0.2, 0.25) is 11.1 Å². The Labute approximate surface area is 154 Å². The summed E-state index contributed by atoms with van der Waals surface area (Å²) in [5.41, 5.74) is -0.232. The predicted octanol–water partition coefficient (Wildman–Crippen LogP) is 0.0510. The Kier molecular flexibility index (Phi) is 5.31. The first kappa shape index (κ1) is 18.1. The number of hydrogen-bond donors (Lipinski definition) is 1. The number of amides is 1. The third-order valence-electron chi connectivity index (χ3n) is 3.82. The van der Waals surface area contributed by atoms with Crippen LogP contribution in [0.4, 0.5) is 0 Å². The predicted molar refractivity (Wildman–Crippen MR) is 95.9 cm³/mol. The van der Waals surface area contributed by atoms with E-state index in [9.17, 15) is 9.59 Å². The highest BCUT2D eigenvalue weighted by Gasteiger charge is 2.24. The van der Waals surface area contributed by atoms with Crippen molar-refractivity contribution in [3.63, 3.8) is 0 Å². The van der Waals surface area contributed by atoms with Crippen molar-refractivity contribution in [2.75, 3.05) is 31.8 Å². The summed E-state index contributed by atoms with van der Waals surface area (Å²) >= 11 is 1.06. The fourth-order valence-electron chi connectivity index (χ4n) is 2.37. The van der Waals surface area contributed by atoms with Crippen LogP contribution in [0.2, 0.25) is 0 Å². The number of aromatic nitrogens is 3. The van der Waals surface area contributed by atoms with Gasteiger partial charge >= 0.3 is 0 Å². The lowest BCUT2D eigenvalue weighted by Gasteiger charge is -2.29. The lowest BCUT2D eigenvalue weighted by atomic mass is 10.2. The van der Waals surface area contributed by atoms with E-state index >= 15 is 0 Å². The van der Waals surface area contributed by atoms with E-state index in [1.807, 2.05) is 24.3 Å². The molecule has 0 saturated carbocycles. The molecule has 9 nitrogen and oxygen atoms in total. The molecule has 3 rings (SSSR count). The van der Waals surface area contributed by atoms with Gasteiger partial charge in [-0.15, -0.1) is 10.2 Å². The van der Waals surface area contributed by atoms with Gasteiger partial charge < -0.3 is 20.2 Å². The van der Waals surface area contributed by atoms with Gasteiger partial charge in [0.25, 0.3) is 5.56 Å². The fraction of sp³-hybridized carbons (Fsp3) is 0.375. The van der Waals surface area contributed by atoms with E-state index in [4.69, 9.17) is 15.3 Å². The average molecular weight is 377 g/mol. The molecule has 1 amide bonds. The zero-order valence-electron chi connectivity index (χ0n) is 14.4. The van der Waals surface area contributed by atoms with Crippen LogP contribution in [0.5, 0.6) is 11.5 Å². The van der Waals surface area contributed by atoms with Gasteiger partial charge in [0.1, 0.15) is 12.3 Å². The maximum Gasteiger partial charge on any atom is 0.294 e. The highest BCUT2D eigenvalue weighted by Crippen LogP contribution is 2.30. The Morgan fingerprint density at radius 3 is 2.88 bits per heavy atom. The monoisotopic (exact) mass is 377 g/mol. The van der Waals surface area contributed by atoms with Crippen LogP contribution in [0.3, 0.4) is 0 Å². The van der Waals surface area contributed by atoms with Crippen molar-refractivity contribution in [3.8, 4) is 11.5 Å². The minimum Gasteiger partial charge on any atom is -0.486 e. The zero-order chi connectivity index (χ0) is 18.7. The molecule has 0 radical (unpaired) electrons. The number of rotatable bonds is 5. The second kappa shape index (κ2) is 7.65. The summed E-state index contributed by atoms with van der Waals surface area (Å²) in [5, 5.41) is 7.77. The van der Waals surface area contributed by atoms with Crippen LogP contribution in [0.1, 0.15) is 5.69 Å². The smallest absolute Gasteiger partial charge is 0.294 e. The number of fused-ring (bicyclic) bond motifs is 1. The van der Waals surface area contributed by atoms with Crippen LogP contribution in [0, 0.1) is 6.92 Å². The Morgan fingerprint density at radius 1 is 1.38 bits per heavy atom. The van der Waals surface area contributed by atoms with Crippen molar-refractivity contribution in [2.45, 2.75) is 18.2 Å². The second-order valence-electron chi connectivity index (χ2n) is 5.80. The number of thioether (sulfide) groups is 1. The summed E-state index contributed by atoms with van der Waals surface area (Å²) in [7, 11) is 1.68. The standard InChI is InChI=1S/C16H19N5O4S/c1-10-15(23)21(17)16(19-18-10)26-9-14(22)20(2)7-11-8-24-12-5-3-4-6-13(12)25-11/h3-6,11H,7-9,17H2,1-2H3/t11-/m0/s1. The van der Waals surface area contributed by atoms with Gasteiger partial charge in [-0.05, 0) is 19.1 Å². The highest BCUT2D eigenvalue weighted by molar-refractivity contribution is 7.99. The molecule has 2 heterocycles. The molecule has 1 atom stereocenters. The minimum absolute atomic E-state index is 0.0784. The third-order valence-corrected chi connectivity index (χ3v) is 4.74. The van der Waals surface area contributed by atoms with Crippen LogP contribution in [0.25, 0.3) is 0 Å². The van der Waals surface area contributed by atoms with Gasteiger partial charge in [-0.25, -0.2) is 0 Å². The van der Waals surface area contributed by atoms with Gasteiger partial charge in [0.15, 0.2) is 17.6 Å². The summed E-state index contributed by atoms with van der Waals surface area (Å²) in [6.45, 7) is 2.27. The number of nitrogen functional groups attached to an aromatic ring is 1. The van der Waals surface area contributed by atoms with Crippen LogP contribution in [-0.2, 0) is 4.79 Å². The molecule has 0 aliphatic carbocycles. The Morgan fingerprint density at radius 2 is 2.12 bits per heavy atom. The lowest BCUT2D eigenvalue weighted by Crippen LogP contribution is -2.42. The van der Waals surface area contributed by atoms with E-state index in [0.29, 0.717) is 24.7 Å². The van der Waals surface area contributed by atoms with Crippen molar-refractivity contribution < 1.29 is 14.3 Å². The molecule has 0 spiro atoms. The molecule has 0 saturated heterocycles. The summed E-state index contributed by atoms with van der Waals surface area (Å²) in [6, 6.07) is 7.41. The van der Waals surface area contributed by atoms with Crippen LogP contribution >= 0.6 is 11.8 Å². The highest BCUT2D eigenvalue weighted by atomic mass is 32.2.